The monoisotopic (exact) mass is 223 g/mol. The summed E-state index contributed by atoms with van der Waals surface area (Å²) in [4.78, 5) is 2.17. The van der Waals surface area contributed by atoms with E-state index in [0.29, 0.717) is 0 Å². The molecule has 0 atom stereocenters. The van der Waals surface area contributed by atoms with Crippen molar-refractivity contribution in [3.63, 3.8) is 0 Å². The van der Waals surface area contributed by atoms with Gasteiger partial charge in [-0.1, -0.05) is 0 Å². The number of nitrogen functional groups attached to an aromatic ring is 1. The van der Waals surface area contributed by atoms with Gasteiger partial charge in [0.25, 0.3) is 0 Å². The molecule has 0 heterocycles. The Kier molecular flexibility index (Phi) is 4.92. The molecule has 4 nitrogen and oxygen atoms in total. The molecule has 0 aliphatic carbocycles. The number of benzene rings is 1. The van der Waals surface area contributed by atoms with Gasteiger partial charge in [0.1, 0.15) is 5.75 Å². The molecule has 1 rings (SSSR count). The fourth-order valence-electron chi connectivity index (χ4n) is 1.45. The first kappa shape index (κ1) is 12.6. The normalized spacial score (nSPS) is 10.5. The third-order valence-corrected chi connectivity index (χ3v) is 2.36. The van der Waals surface area contributed by atoms with Crippen molar-refractivity contribution in [2.24, 2.45) is 0 Å². The first-order valence-corrected chi connectivity index (χ1v) is 5.45. The maximum atomic E-state index is 5.89. The first-order valence-electron chi connectivity index (χ1n) is 5.45. The maximum Gasteiger partial charge on any atom is 0.121 e. The van der Waals surface area contributed by atoms with Gasteiger partial charge in [0, 0.05) is 12.6 Å². The summed E-state index contributed by atoms with van der Waals surface area (Å²) in [5, 5.41) is 3.31. The SMILES string of the molecule is COc1ccc(NCCCN(C)C)c(N)c1. The first-order chi connectivity index (χ1) is 7.63. The summed E-state index contributed by atoms with van der Waals surface area (Å²) >= 11 is 0. The average Bonchev–Trinajstić information content (AvgIpc) is 2.25. The highest BCUT2D eigenvalue weighted by Gasteiger charge is 2.00. The van der Waals surface area contributed by atoms with Crippen LogP contribution in [0.25, 0.3) is 0 Å². The van der Waals surface area contributed by atoms with Gasteiger partial charge in [-0.3, -0.25) is 0 Å². The van der Waals surface area contributed by atoms with E-state index in [1.807, 2.05) is 18.2 Å². The molecule has 0 radical (unpaired) electrons. The number of ether oxygens (including phenoxy) is 1. The summed E-state index contributed by atoms with van der Waals surface area (Å²) in [7, 11) is 5.78. The van der Waals surface area contributed by atoms with E-state index in [1.54, 1.807) is 7.11 Å². The molecule has 0 saturated heterocycles. The number of nitrogens with two attached hydrogens (primary N) is 1. The highest BCUT2D eigenvalue weighted by Crippen LogP contribution is 2.23. The molecule has 0 aromatic heterocycles. The molecule has 0 aliphatic heterocycles. The number of rotatable bonds is 6. The van der Waals surface area contributed by atoms with Gasteiger partial charge in [0.15, 0.2) is 0 Å². The van der Waals surface area contributed by atoms with Gasteiger partial charge in [0.05, 0.1) is 18.5 Å². The van der Waals surface area contributed by atoms with E-state index in [9.17, 15) is 0 Å². The predicted octanol–water partition coefficient (Wildman–Crippen LogP) is 1.64. The number of hydrogen-bond donors (Lipinski definition) is 2. The van der Waals surface area contributed by atoms with Crippen molar-refractivity contribution < 1.29 is 4.74 Å². The van der Waals surface area contributed by atoms with Crippen molar-refractivity contribution in [3.05, 3.63) is 18.2 Å². The van der Waals surface area contributed by atoms with Gasteiger partial charge in [-0.25, -0.2) is 0 Å². The molecule has 4 heteroatoms. The van der Waals surface area contributed by atoms with Crippen molar-refractivity contribution in [1.82, 2.24) is 4.90 Å². The summed E-state index contributed by atoms with van der Waals surface area (Å²) < 4.78 is 5.09. The lowest BCUT2D eigenvalue weighted by Crippen LogP contribution is -2.16. The van der Waals surface area contributed by atoms with Crippen LogP contribution in [-0.2, 0) is 0 Å². The Bertz CT molecular complexity index is 326. The average molecular weight is 223 g/mol. The fourth-order valence-corrected chi connectivity index (χ4v) is 1.45. The summed E-state index contributed by atoms with van der Waals surface area (Å²) in [6.45, 7) is 2.00. The van der Waals surface area contributed by atoms with E-state index in [-0.39, 0.29) is 0 Å². The van der Waals surface area contributed by atoms with Gasteiger partial charge in [-0.15, -0.1) is 0 Å². The second-order valence-corrected chi connectivity index (χ2v) is 4.04. The predicted molar refractivity (Wildman–Crippen MR) is 69.1 cm³/mol. The number of nitrogens with one attached hydrogen (secondary N) is 1. The zero-order chi connectivity index (χ0) is 12.0. The summed E-state index contributed by atoms with van der Waals surface area (Å²) in [6.07, 6.45) is 1.10. The van der Waals surface area contributed by atoms with Gasteiger partial charge in [0.2, 0.25) is 0 Å². The Labute approximate surface area is 97.4 Å². The van der Waals surface area contributed by atoms with Crippen molar-refractivity contribution in [3.8, 4) is 5.75 Å². The fraction of sp³-hybridized carbons (Fsp3) is 0.500. The van der Waals surface area contributed by atoms with Crippen LogP contribution in [0.3, 0.4) is 0 Å². The van der Waals surface area contributed by atoms with Crippen LogP contribution in [0.4, 0.5) is 11.4 Å². The molecule has 0 bridgehead atoms. The molecule has 0 saturated carbocycles. The summed E-state index contributed by atoms with van der Waals surface area (Å²) in [5.41, 5.74) is 7.58. The molecule has 0 spiro atoms. The van der Waals surface area contributed by atoms with Gasteiger partial charge >= 0.3 is 0 Å². The quantitative estimate of drug-likeness (QED) is 0.568. The van der Waals surface area contributed by atoms with E-state index >= 15 is 0 Å². The Morgan fingerprint density at radius 2 is 2.12 bits per heavy atom. The van der Waals surface area contributed by atoms with Crippen LogP contribution < -0.4 is 15.8 Å². The molecular formula is C12H21N3O. The van der Waals surface area contributed by atoms with E-state index in [1.165, 1.54) is 0 Å². The van der Waals surface area contributed by atoms with E-state index in [4.69, 9.17) is 10.5 Å². The Balaban J connectivity index is 2.42. The Hall–Kier alpha value is -1.42. The van der Waals surface area contributed by atoms with Crippen LogP contribution in [0, 0.1) is 0 Å². The minimum absolute atomic E-state index is 0.726. The number of hydrogen-bond acceptors (Lipinski definition) is 4. The highest BCUT2D eigenvalue weighted by atomic mass is 16.5. The van der Waals surface area contributed by atoms with E-state index < -0.39 is 0 Å². The van der Waals surface area contributed by atoms with Crippen LogP contribution in [0.5, 0.6) is 5.75 Å². The van der Waals surface area contributed by atoms with Gasteiger partial charge in [-0.05, 0) is 39.2 Å². The molecular weight excluding hydrogens is 202 g/mol. The molecule has 0 unspecified atom stereocenters. The Morgan fingerprint density at radius 1 is 1.38 bits per heavy atom. The summed E-state index contributed by atoms with van der Waals surface area (Å²) in [6, 6.07) is 5.68. The van der Waals surface area contributed by atoms with Crippen LogP contribution in [0.15, 0.2) is 18.2 Å². The van der Waals surface area contributed by atoms with Crippen LogP contribution in [-0.4, -0.2) is 39.2 Å². The van der Waals surface area contributed by atoms with Crippen LogP contribution >= 0.6 is 0 Å². The number of nitrogens with zero attached hydrogens (tertiary/aromatic N) is 1. The number of methoxy groups -OCH3 is 1. The summed E-state index contributed by atoms with van der Waals surface area (Å²) in [5.74, 6) is 0.788. The lowest BCUT2D eigenvalue weighted by Gasteiger charge is -2.12. The zero-order valence-electron chi connectivity index (χ0n) is 10.3. The van der Waals surface area contributed by atoms with Crippen molar-refractivity contribution >= 4 is 11.4 Å². The molecule has 0 fully saturated rings. The van der Waals surface area contributed by atoms with Crippen molar-refractivity contribution in [2.75, 3.05) is 45.3 Å². The molecule has 3 N–H and O–H groups in total. The second kappa shape index (κ2) is 6.23. The largest absolute Gasteiger partial charge is 0.497 e. The zero-order valence-corrected chi connectivity index (χ0v) is 10.3. The molecule has 1 aromatic rings. The minimum atomic E-state index is 0.726. The Morgan fingerprint density at radius 3 is 2.69 bits per heavy atom. The van der Waals surface area contributed by atoms with Crippen LogP contribution in [0.1, 0.15) is 6.42 Å². The molecule has 0 aliphatic rings. The molecule has 1 aromatic carbocycles. The van der Waals surface area contributed by atoms with E-state index in [2.05, 4.69) is 24.3 Å². The third-order valence-electron chi connectivity index (χ3n) is 2.36. The molecule has 90 valence electrons. The maximum absolute atomic E-state index is 5.89. The smallest absolute Gasteiger partial charge is 0.121 e. The van der Waals surface area contributed by atoms with Crippen LogP contribution in [0.2, 0.25) is 0 Å². The minimum Gasteiger partial charge on any atom is -0.497 e. The lowest BCUT2D eigenvalue weighted by molar-refractivity contribution is 0.405. The highest BCUT2D eigenvalue weighted by molar-refractivity contribution is 5.68. The van der Waals surface area contributed by atoms with Crippen molar-refractivity contribution in [1.29, 1.82) is 0 Å². The topological polar surface area (TPSA) is 50.5 Å². The van der Waals surface area contributed by atoms with E-state index in [0.717, 1.165) is 36.6 Å². The van der Waals surface area contributed by atoms with Gasteiger partial charge < -0.3 is 20.7 Å². The van der Waals surface area contributed by atoms with Gasteiger partial charge in [-0.2, -0.15) is 0 Å². The lowest BCUT2D eigenvalue weighted by atomic mass is 10.2. The second-order valence-electron chi connectivity index (χ2n) is 4.04. The molecule has 0 amide bonds. The van der Waals surface area contributed by atoms with Crippen molar-refractivity contribution in [2.45, 2.75) is 6.42 Å². The molecule has 16 heavy (non-hydrogen) atoms. The standard InChI is InChI=1S/C12H21N3O/c1-15(2)8-4-7-14-12-6-5-10(16-3)9-11(12)13/h5-6,9,14H,4,7-8,13H2,1-3H3. The number of anilines is 2. The third kappa shape index (κ3) is 3.98.